The van der Waals surface area contributed by atoms with Crippen LogP contribution in [0.2, 0.25) is 0 Å². The van der Waals surface area contributed by atoms with Gasteiger partial charge in [-0.25, -0.2) is 0 Å². The second-order valence-corrected chi connectivity index (χ2v) is 3.07. The van der Waals surface area contributed by atoms with Crippen LogP contribution in [0.4, 0.5) is 0 Å². The minimum atomic E-state index is -0.151. The number of rotatable bonds is 4. The maximum Gasteiger partial charge on any atom is 0.131 e. The van der Waals surface area contributed by atoms with Gasteiger partial charge >= 0.3 is 0 Å². The second kappa shape index (κ2) is 11.0. The van der Waals surface area contributed by atoms with Crippen molar-refractivity contribution in [1.82, 2.24) is 5.32 Å². The maximum atomic E-state index is 5.65. The van der Waals surface area contributed by atoms with Crippen molar-refractivity contribution in [3.8, 4) is 0 Å². The number of hydrogen-bond acceptors (Lipinski definition) is 2. The van der Waals surface area contributed by atoms with Crippen LogP contribution in [-0.2, 0) is 4.74 Å². The Morgan fingerprint density at radius 3 is 2.25 bits per heavy atom. The van der Waals surface area contributed by atoms with Gasteiger partial charge in [-0.1, -0.05) is 30.7 Å². The molecular weight excluding hydrogens is 174 g/mol. The highest BCUT2D eigenvalue weighted by Crippen LogP contribution is 2.03. The van der Waals surface area contributed by atoms with Gasteiger partial charge in [-0.3, -0.25) is 0 Å². The number of alkyl halides is 1. The highest BCUT2D eigenvalue weighted by atomic mass is 35.5. The van der Waals surface area contributed by atoms with Gasteiger partial charge in [0.2, 0.25) is 0 Å². The number of hydrogen-bond donors (Lipinski definition) is 1. The SMILES string of the molecule is C=C(C)COC(Cl)CC.CNC. The molecule has 2 nitrogen and oxygen atoms in total. The van der Waals surface area contributed by atoms with Gasteiger partial charge in [0.1, 0.15) is 5.56 Å². The fraction of sp³-hybridized carbons (Fsp3) is 0.778. The lowest BCUT2D eigenvalue weighted by molar-refractivity contribution is 0.125. The monoisotopic (exact) mass is 193 g/mol. The van der Waals surface area contributed by atoms with Gasteiger partial charge in [0.15, 0.2) is 0 Å². The fourth-order valence-electron chi connectivity index (χ4n) is 0.351. The molecule has 0 aliphatic carbocycles. The van der Waals surface area contributed by atoms with Gasteiger partial charge < -0.3 is 10.1 Å². The summed E-state index contributed by atoms with van der Waals surface area (Å²) in [7, 11) is 3.75. The Bertz CT molecular complexity index is 107. The first-order valence-corrected chi connectivity index (χ1v) is 4.50. The largest absolute Gasteiger partial charge is 0.358 e. The van der Waals surface area contributed by atoms with E-state index in [1.165, 1.54) is 0 Å². The summed E-state index contributed by atoms with van der Waals surface area (Å²) in [5.74, 6) is 0. The van der Waals surface area contributed by atoms with E-state index in [9.17, 15) is 0 Å². The number of halogens is 1. The first-order chi connectivity index (χ1) is 5.58. The molecule has 1 atom stereocenters. The standard InChI is InChI=1S/C7H13ClO.C2H7N/c1-4-7(8)9-5-6(2)3;1-3-2/h7H,2,4-5H2,1,3H3;3H,1-2H3. The average Bonchev–Trinajstić information content (AvgIpc) is 2.01. The van der Waals surface area contributed by atoms with Crippen molar-refractivity contribution in [3.05, 3.63) is 12.2 Å². The van der Waals surface area contributed by atoms with Crippen molar-refractivity contribution in [2.45, 2.75) is 25.8 Å². The smallest absolute Gasteiger partial charge is 0.131 e. The van der Waals surface area contributed by atoms with Crippen LogP contribution in [0.3, 0.4) is 0 Å². The fourth-order valence-corrected chi connectivity index (χ4v) is 0.414. The third kappa shape index (κ3) is 16.5. The Labute approximate surface area is 80.9 Å². The van der Waals surface area contributed by atoms with Crippen LogP contribution in [0.1, 0.15) is 20.3 Å². The molecule has 0 heterocycles. The minimum Gasteiger partial charge on any atom is -0.358 e. The Morgan fingerprint density at radius 2 is 2.00 bits per heavy atom. The van der Waals surface area contributed by atoms with Crippen LogP contribution in [0.5, 0.6) is 0 Å². The third-order valence-corrected chi connectivity index (χ3v) is 1.27. The molecule has 1 unspecified atom stereocenters. The molecule has 3 heteroatoms. The molecule has 0 aromatic rings. The van der Waals surface area contributed by atoms with Crippen LogP contribution < -0.4 is 5.32 Å². The first-order valence-electron chi connectivity index (χ1n) is 4.07. The molecule has 1 N–H and O–H groups in total. The van der Waals surface area contributed by atoms with Crippen LogP contribution in [0.25, 0.3) is 0 Å². The number of ether oxygens (including phenoxy) is 1. The molecule has 0 radical (unpaired) electrons. The molecule has 0 fully saturated rings. The van der Waals surface area contributed by atoms with Crippen molar-refractivity contribution in [2.24, 2.45) is 0 Å². The Morgan fingerprint density at radius 1 is 1.58 bits per heavy atom. The predicted molar refractivity (Wildman–Crippen MR) is 55.7 cm³/mol. The van der Waals surface area contributed by atoms with Crippen molar-refractivity contribution in [2.75, 3.05) is 20.7 Å². The Kier molecular flexibility index (Phi) is 13.2. The zero-order valence-corrected chi connectivity index (χ0v) is 9.24. The molecule has 0 rings (SSSR count). The molecule has 0 spiro atoms. The molecule has 0 aromatic carbocycles. The zero-order chi connectivity index (χ0) is 9.98. The summed E-state index contributed by atoms with van der Waals surface area (Å²) in [6.45, 7) is 8.15. The van der Waals surface area contributed by atoms with Crippen LogP contribution in [0, 0.1) is 0 Å². The summed E-state index contributed by atoms with van der Waals surface area (Å²) in [5, 5.41) is 2.75. The zero-order valence-electron chi connectivity index (χ0n) is 8.48. The summed E-state index contributed by atoms with van der Waals surface area (Å²) in [6.07, 6.45) is 0.842. The molecule has 74 valence electrons. The molecule has 0 bridgehead atoms. The molecule has 12 heavy (non-hydrogen) atoms. The lowest BCUT2D eigenvalue weighted by Gasteiger charge is -2.06. The molecule has 0 saturated heterocycles. The van der Waals surface area contributed by atoms with E-state index in [0.29, 0.717) is 6.61 Å². The summed E-state index contributed by atoms with van der Waals surface area (Å²) in [5.41, 5.74) is 0.857. The van der Waals surface area contributed by atoms with Crippen molar-refractivity contribution in [3.63, 3.8) is 0 Å². The highest BCUT2D eigenvalue weighted by molar-refractivity contribution is 6.19. The van der Waals surface area contributed by atoms with Gasteiger partial charge in [0, 0.05) is 0 Å². The van der Waals surface area contributed by atoms with E-state index in [0.717, 1.165) is 12.0 Å². The quantitative estimate of drug-likeness (QED) is 0.547. The van der Waals surface area contributed by atoms with Crippen LogP contribution in [0.15, 0.2) is 12.2 Å². The Hall–Kier alpha value is -0.0500. The lowest BCUT2D eigenvalue weighted by atomic mass is 10.4. The van der Waals surface area contributed by atoms with E-state index in [4.69, 9.17) is 16.3 Å². The minimum absolute atomic E-state index is 0.151. The first kappa shape index (κ1) is 14.5. The second-order valence-electron chi connectivity index (χ2n) is 2.59. The number of nitrogens with one attached hydrogen (secondary N) is 1. The van der Waals surface area contributed by atoms with E-state index < -0.39 is 0 Å². The molecule has 0 aliphatic heterocycles. The van der Waals surface area contributed by atoms with Gasteiger partial charge in [-0.15, -0.1) is 0 Å². The molecule has 0 aromatic heterocycles. The third-order valence-electron chi connectivity index (χ3n) is 0.832. The van der Waals surface area contributed by atoms with Crippen molar-refractivity contribution < 1.29 is 4.74 Å². The van der Waals surface area contributed by atoms with Crippen molar-refractivity contribution >= 4 is 11.6 Å². The van der Waals surface area contributed by atoms with E-state index in [2.05, 4.69) is 11.9 Å². The van der Waals surface area contributed by atoms with Gasteiger partial charge in [0.25, 0.3) is 0 Å². The molecule has 0 aliphatic rings. The summed E-state index contributed by atoms with van der Waals surface area (Å²) >= 11 is 5.65. The van der Waals surface area contributed by atoms with Gasteiger partial charge in [-0.05, 0) is 27.4 Å². The topological polar surface area (TPSA) is 21.3 Å². The summed E-state index contributed by atoms with van der Waals surface area (Å²) in [6, 6.07) is 0. The molecule has 0 saturated carbocycles. The van der Waals surface area contributed by atoms with Crippen molar-refractivity contribution in [1.29, 1.82) is 0 Å². The summed E-state index contributed by atoms with van der Waals surface area (Å²) < 4.78 is 5.12. The van der Waals surface area contributed by atoms with Crippen LogP contribution >= 0.6 is 11.6 Å². The van der Waals surface area contributed by atoms with E-state index in [1.807, 2.05) is 27.9 Å². The lowest BCUT2D eigenvalue weighted by Crippen LogP contribution is -2.04. The van der Waals surface area contributed by atoms with E-state index in [1.54, 1.807) is 0 Å². The van der Waals surface area contributed by atoms with E-state index in [-0.39, 0.29) is 5.56 Å². The van der Waals surface area contributed by atoms with E-state index >= 15 is 0 Å². The highest BCUT2D eigenvalue weighted by Gasteiger charge is 1.98. The average molecular weight is 194 g/mol. The Balaban J connectivity index is 0. The molecular formula is C9H20ClNO. The van der Waals surface area contributed by atoms with Crippen LogP contribution in [-0.4, -0.2) is 26.3 Å². The van der Waals surface area contributed by atoms with Gasteiger partial charge in [0.05, 0.1) is 6.61 Å². The normalized spacial score (nSPS) is 11.4. The predicted octanol–water partition coefficient (Wildman–Crippen LogP) is 2.39. The molecule has 0 amide bonds. The van der Waals surface area contributed by atoms with Gasteiger partial charge in [-0.2, -0.15) is 0 Å². The summed E-state index contributed by atoms with van der Waals surface area (Å²) in [4.78, 5) is 0. The maximum absolute atomic E-state index is 5.65.